The summed E-state index contributed by atoms with van der Waals surface area (Å²) in [5.41, 5.74) is 2.46. The predicted octanol–water partition coefficient (Wildman–Crippen LogP) is 2.95. The molecule has 1 N–H and O–H groups in total. The maximum Gasteiger partial charge on any atom is 0.251 e. The molecule has 1 saturated heterocycles. The molecule has 1 aliphatic heterocycles. The van der Waals surface area contributed by atoms with E-state index < -0.39 is 0 Å². The van der Waals surface area contributed by atoms with E-state index in [1.165, 1.54) is 6.42 Å². The number of hydrogen-bond acceptors (Lipinski definition) is 4. The number of carbonyl (C=O) groups excluding carboxylic acids is 1. The molecule has 26 heavy (non-hydrogen) atoms. The van der Waals surface area contributed by atoms with E-state index in [1.54, 1.807) is 4.68 Å². The van der Waals surface area contributed by atoms with E-state index in [-0.39, 0.29) is 11.4 Å². The Kier molecular flexibility index (Phi) is 4.31. The first kappa shape index (κ1) is 17.2. The minimum Gasteiger partial charge on any atom is -0.347 e. The number of nitrogens with zero attached hydrogens (tertiary/aromatic N) is 4. The summed E-state index contributed by atoms with van der Waals surface area (Å²) in [7, 11) is 2.13. The highest BCUT2D eigenvalue weighted by Gasteiger charge is 2.38. The molecule has 0 bridgehead atoms. The maximum absolute atomic E-state index is 12.6. The van der Waals surface area contributed by atoms with Gasteiger partial charge in [0.2, 0.25) is 0 Å². The average Bonchev–Trinajstić information content (AvgIpc) is 3.22. The van der Waals surface area contributed by atoms with Gasteiger partial charge < -0.3 is 5.32 Å². The number of hydrogen-bond donors (Lipinski definition) is 1. The lowest BCUT2D eigenvalue weighted by Gasteiger charge is -2.44. The quantitative estimate of drug-likeness (QED) is 0.918. The highest BCUT2D eigenvalue weighted by Crippen LogP contribution is 2.37. The molecule has 1 saturated carbocycles. The predicted molar refractivity (Wildman–Crippen MR) is 100 cm³/mol. The van der Waals surface area contributed by atoms with Crippen LogP contribution in [-0.2, 0) is 0 Å². The van der Waals surface area contributed by atoms with Gasteiger partial charge >= 0.3 is 0 Å². The molecular formula is C20H27N5O. The molecule has 0 spiro atoms. The Labute approximate surface area is 154 Å². The summed E-state index contributed by atoms with van der Waals surface area (Å²) < 4.78 is 1.77. The summed E-state index contributed by atoms with van der Waals surface area (Å²) in [5.74, 6) is 0.672. The fraction of sp³-hybridized carbons (Fsp3) is 0.550. The fourth-order valence-corrected chi connectivity index (χ4v) is 4.56. The van der Waals surface area contributed by atoms with Gasteiger partial charge in [0, 0.05) is 11.1 Å². The van der Waals surface area contributed by atoms with Crippen molar-refractivity contribution in [1.82, 2.24) is 25.2 Å². The Morgan fingerprint density at radius 1 is 1.35 bits per heavy atom. The Balaban J connectivity index is 1.51. The molecule has 138 valence electrons. The lowest BCUT2D eigenvalue weighted by molar-refractivity contribution is 0.0772. The SMILES string of the molecule is CC1CC(C)(NC(=O)c2cccc(-n3cc(C4CCCN4C)nn3)c2)C1. The average molecular weight is 353 g/mol. The molecule has 1 atom stereocenters. The van der Waals surface area contributed by atoms with Gasteiger partial charge in [0.15, 0.2) is 0 Å². The topological polar surface area (TPSA) is 63.1 Å². The van der Waals surface area contributed by atoms with Crippen molar-refractivity contribution in [2.45, 2.75) is 51.1 Å². The number of carbonyl (C=O) groups is 1. The zero-order valence-electron chi connectivity index (χ0n) is 15.8. The zero-order chi connectivity index (χ0) is 18.3. The van der Waals surface area contributed by atoms with E-state index in [1.807, 2.05) is 30.5 Å². The summed E-state index contributed by atoms with van der Waals surface area (Å²) >= 11 is 0. The van der Waals surface area contributed by atoms with Crippen molar-refractivity contribution < 1.29 is 4.79 Å². The third-order valence-electron chi connectivity index (χ3n) is 5.76. The van der Waals surface area contributed by atoms with Crippen LogP contribution in [0.2, 0.25) is 0 Å². The molecule has 1 amide bonds. The van der Waals surface area contributed by atoms with E-state index >= 15 is 0 Å². The molecular weight excluding hydrogens is 326 g/mol. The van der Waals surface area contributed by atoms with E-state index in [0.717, 1.165) is 37.2 Å². The molecule has 4 rings (SSSR count). The van der Waals surface area contributed by atoms with Crippen LogP contribution in [0.1, 0.15) is 61.6 Å². The lowest BCUT2D eigenvalue weighted by atomic mass is 9.70. The van der Waals surface area contributed by atoms with Gasteiger partial charge in [-0.1, -0.05) is 18.2 Å². The van der Waals surface area contributed by atoms with Crippen LogP contribution in [-0.4, -0.2) is 44.9 Å². The summed E-state index contributed by atoms with van der Waals surface area (Å²) in [6.45, 7) is 5.44. The highest BCUT2D eigenvalue weighted by molar-refractivity contribution is 5.95. The smallest absolute Gasteiger partial charge is 0.251 e. The van der Waals surface area contributed by atoms with Crippen LogP contribution in [0.4, 0.5) is 0 Å². The minimum atomic E-state index is -0.0695. The van der Waals surface area contributed by atoms with Gasteiger partial charge in [-0.05, 0) is 70.3 Å². The number of aromatic nitrogens is 3. The van der Waals surface area contributed by atoms with Gasteiger partial charge in [-0.25, -0.2) is 4.68 Å². The molecule has 2 fully saturated rings. The summed E-state index contributed by atoms with van der Waals surface area (Å²) in [6, 6.07) is 7.94. The molecule has 2 heterocycles. The van der Waals surface area contributed by atoms with E-state index in [9.17, 15) is 4.79 Å². The van der Waals surface area contributed by atoms with Gasteiger partial charge in [-0.2, -0.15) is 0 Å². The monoisotopic (exact) mass is 353 g/mol. The first-order valence-electron chi connectivity index (χ1n) is 9.49. The number of benzene rings is 1. The van der Waals surface area contributed by atoms with E-state index in [0.29, 0.717) is 17.5 Å². The molecule has 0 radical (unpaired) electrons. The standard InChI is InChI=1S/C20H27N5O/c1-14-11-20(2,12-14)21-19(26)15-6-4-7-16(10-15)25-13-17(22-23-25)18-8-5-9-24(18)3/h4,6-7,10,13-14,18H,5,8-9,11-12H2,1-3H3,(H,21,26). The second kappa shape index (κ2) is 6.50. The second-order valence-corrected chi connectivity index (χ2v) is 8.31. The number of rotatable bonds is 4. The van der Waals surface area contributed by atoms with Crippen molar-refractivity contribution in [2.75, 3.05) is 13.6 Å². The number of nitrogens with one attached hydrogen (secondary N) is 1. The normalized spacial score (nSPS) is 28.7. The van der Waals surface area contributed by atoms with Crippen molar-refractivity contribution in [3.05, 3.63) is 41.7 Å². The summed E-state index contributed by atoms with van der Waals surface area (Å²) in [6.07, 6.45) is 6.38. The molecule has 6 nitrogen and oxygen atoms in total. The first-order chi connectivity index (χ1) is 12.4. The minimum absolute atomic E-state index is 0.0166. The number of likely N-dealkylation sites (tertiary alicyclic amines) is 1. The van der Waals surface area contributed by atoms with Crippen molar-refractivity contribution in [3.8, 4) is 5.69 Å². The Morgan fingerprint density at radius 2 is 2.15 bits per heavy atom. The van der Waals surface area contributed by atoms with Crippen molar-refractivity contribution in [3.63, 3.8) is 0 Å². The molecule has 1 aromatic carbocycles. The Hall–Kier alpha value is -2.21. The second-order valence-electron chi connectivity index (χ2n) is 8.31. The summed E-state index contributed by atoms with van der Waals surface area (Å²) in [4.78, 5) is 15.0. The van der Waals surface area contributed by atoms with Crippen molar-refractivity contribution >= 4 is 5.91 Å². The summed E-state index contributed by atoms with van der Waals surface area (Å²) in [5, 5.41) is 11.8. The van der Waals surface area contributed by atoms with Crippen LogP contribution in [0.5, 0.6) is 0 Å². The molecule has 1 aromatic heterocycles. The Bertz CT molecular complexity index is 808. The van der Waals surface area contributed by atoms with Crippen LogP contribution in [0.25, 0.3) is 5.69 Å². The van der Waals surface area contributed by atoms with Gasteiger partial charge in [0.05, 0.1) is 17.9 Å². The molecule has 1 unspecified atom stereocenters. The van der Waals surface area contributed by atoms with Crippen molar-refractivity contribution in [1.29, 1.82) is 0 Å². The third-order valence-corrected chi connectivity index (χ3v) is 5.76. The van der Waals surface area contributed by atoms with Crippen LogP contribution in [0.15, 0.2) is 30.5 Å². The highest BCUT2D eigenvalue weighted by atomic mass is 16.1. The van der Waals surface area contributed by atoms with Crippen LogP contribution >= 0.6 is 0 Å². The lowest BCUT2D eigenvalue weighted by Crippen LogP contribution is -2.54. The maximum atomic E-state index is 12.6. The zero-order valence-corrected chi connectivity index (χ0v) is 15.8. The Morgan fingerprint density at radius 3 is 2.85 bits per heavy atom. The molecule has 2 aliphatic rings. The van der Waals surface area contributed by atoms with Crippen LogP contribution < -0.4 is 5.32 Å². The van der Waals surface area contributed by atoms with Gasteiger partial charge in [-0.3, -0.25) is 9.69 Å². The van der Waals surface area contributed by atoms with Crippen LogP contribution in [0, 0.1) is 5.92 Å². The van der Waals surface area contributed by atoms with E-state index in [4.69, 9.17) is 0 Å². The van der Waals surface area contributed by atoms with Crippen molar-refractivity contribution in [2.24, 2.45) is 5.92 Å². The fourth-order valence-electron chi connectivity index (χ4n) is 4.56. The third kappa shape index (κ3) is 3.26. The molecule has 2 aromatic rings. The van der Waals surface area contributed by atoms with Gasteiger partial charge in [0.25, 0.3) is 5.91 Å². The van der Waals surface area contributed by atoms with Gasteiger partial charge in [-0.15, -0.1) is 5.10 Å². The molecule has 1 aliphatic carbocycles. The van der Waals surface area contributed by atoms with Gasteiger partial charge in [0.1, 0.15) is 5.69 Å². The van der Waals surface area contributed by atoms with E-state index in [2.05, 4.69) is 41.4 Å². The number of amides is 1. The molecule has 6 heteroatoms. The van der Waals surface area contributed by atoms with Crippen LogP contribution in [0.3, 0.4) is 0 Å². The first-order valence-corrected chi connectivity index (χ1v) is 9.49. The largest absolute Gasteiger partial charge is 0.347 e.